The summed E-state index contributed by atoms with van der Waals surface area (Å²) >= 11 is 0. The molecular formula is C9H10N4O. The molecule has 2 heterocycles. The fraction of sp³-hybridized carbons (Fsp3) is 0.222. The van der Waals surface area contributed by atoms with Gasteiger partial charge in [-0.05, 0) is 19.9 Å². The van der Waals surface area contributed by atoms with Gasteiger partial charge >= 0.3 is 5.69 Å². The molecule has 0 aliphatic carbocycles. The Balaban J connectivity index is 2.56. The summed E-state index contributed by atoms with van der Waals surface area (Å²) in [7, 11) is 0. The molecular weight excluding hydrogens is 180 g/mol. The third-order valence-electron chi connectivity index (χ3n) is 1.82. The summed E-state index contributed by atoms with van der Waals surface area (Å²) in [6.45, 7) is 3.69. The van der Waals surface area contributed by atoms with E-state index in [0.717, 1.165) is 11.4 Å². The minimum atomic E-state index is -0.354. The van der Waals surface area contributed by atoms with E-state index < -0.39 is 0 Å². The summed E-state index contributed by atoms with van der Waals surface area (Å²) in [5, 5.41) is 4.16. The predicted molar refractivity (Wildman–Crippen MR) is 51.5 cm³/mol. The lowest BCUT2D eigenvalue weighted by Gasteiger charge is -1.99. The van der Waals surface area contributed by atoms with E-state index in [1.54, 1.807) is 16.9 Å². The molecule has 0 aromatic carbocycles. The highest BCUT2D eigenvalue weighted by Gasteiger charge is 2.01. The molecule has 0 amide bonds. The van der Waals surface area contributed by atoms with Gasteiger partial charge in [0, 0.05) is 18.0 Å². The van der Waals surface area contributed by atoms with Crippen molar-refractivity contribution in [3.05, 3.63) is 40.2 Å². The van der Waals surface area contributed by atoms with Gasteiger partial charge in [0.2, 0.25) is 0 Å². The lowest BCUT2D eigenvalue weighted by atomic mass is 10.4. The van der Waals surface area contributed by atoms with Crippen molar-refractivity contribution < 1.29 is 0 Å². The molecule has 2 rings (SSSR count). The van der Waals surface area contributed by atoms with Crippen molar-refractivity contribution in [1.29, 1.82) is 0 Å². The number of nitrogens with one attached hydrogen (secondary N) is 1. The number of aromatic nitrogens is 4. The number of hydrogen-bond donors (Lipinski definition) is 1. The van der Waals surface area contributed by atoms with Crippen LogP contribution in [0.1, 0.15) is 11.4 Å². The number of aryl methyl sites for hydroxylation is 2. The molecule has 0 spiro atoms. The van der Waals surface area contributed by atoms with E-state index >= 15 is 0 Å². The normalized spacial score (nSPS) is 10.4. The van der Waals surface area contributed by atoms with Gasteiger partial charge in [-0.25, -0.2) is 9.48 Å². The van der Waals surface area contributed by atoms with E-state index in [2.05, 4.69) is 15.1 Å². The Morgan fingerprint density at radius 1 is 1.43 bits per heavy atom. The van der Waals surface area contributed by atoms with E-state index in [9.17, 15) is 4.79 Å². The monoisotopic (exact) mass is 190 g/mol. The zero-order valence-corrected chi connectivity index (χ0v) is 7.98. The molecule has 0 fully saturated rings. The highest BCUT2D eigenvalue weighted by atomic mass is 16.1. The van der Waals surface area contributed by atoms with E-state index in [0.29, 0.717) is 5.82 Å². The van der Waals surface area contributed by atoms with E-state index in [1.165, 1.54) is 0 Å². The van der Waals surface area contributed by atoms with Crippen molar-refractivity contribution in [3.63, 3.8) is 0 Å². The van der Waals surface area contributed by atoms with Crippen LogP contribution < -0.4 is 5.69 Å². The Hall–Kier alpha value is -1.91. The first kappa shape index (κ1) is 8.68. The molecule has 0 radical (unpaired) electrons. The molecule has 0 saturated carbocycles. The maximum Gasteiger partial charge on any atom is 0.347 e. The van der Waals surface area contributed by atoms with Crippen LogP contribution in [0.2, 0.25) is 0 Å². The lowest BCUT2D eigenvalue weighted by Crippen LogP contribution is -2.15. The smallest absolute Gasteiger partial charge is 0.310 e. The minimum absolute atomic E-state index is 0.354. The van der Waals surface area contributed by atoms with Crippen molar-refractivity contribution in [3.8, 4) is 5.82 Å². The standard InChI is InChI=1S/C9H10N4O/c1-6-3-4-13(12-6)8-5-7(2)10-9(14)11-8/h3-5H,1-2H3,(H,10,11,14). The maximum absolute atomic E-state index is 11.1. The Morgan fingerprint density at radius 2 is 2.21 bits per heavy atom. The zero-order valence-electron chi connectivity index (χ0n) is 7.98. The molecule has 72 valence electrons. The van der Waals surface area contributed by atoms with E-state index in [1.807, 2.05) is 19.9 Å². The average Bonchev–Trinajstić information content (AvgIpc) is 2.50. The van der Waals surface area contributed by atoms with Crippen LogP contribution in [0, 0.1) is 13.8 Å². The summed E-state index contributed by atoms with van der Waals surface area (Å²) in [6, 6.07) is 3.63. The molecule has 0 bridgehead atoms. The van der Waals surface area contributed by atoms with Crippen molar-refractivity contribution in [2.75, 3.05) is 0 Å². The summed E-state index contributed by atoms with van der Waals surface area (Å²) in [6.07, 6.45) is 1.77. The van der Waals surface area contributed by atoms with E-state index in [-0.39, 0.29) is 5.69 Å². The highest BCUT2D eigenvalue weighted by molar-refractivity contribution is 5.22. The molecule has 0 aliphatic rings. The molecule has 0 unspecified atom stereocenters. The van der Waals surface area contributed by atoms with Crippen molar-refractivity contribution in [2.45, 2.75) is 13.8 Å². The Labute approximate surface area is 80.4 Å². The van der Waals surface area contributed by atoms with Crippen LogP contribution in [-0.2, 0) is 0 Å². The predicted octanol–water partition coefficient (Wildman–Crippen LogP) is 0.572. The number of rotatable bonds is 1. The van der Waals surface area contributed by atoms with Crippen LogP contribution in [0.5, 0.6) is 0 Å². The summed E-state index contributed by atoms with van der Waals surface area (Å²) in [4.78, 5) is 17.5. The third-order valence-corrected chi connectivity index (χ3v) is 1.82. The van der Waals surface area contributed by atoms with Gasteiger partial charge in [-0.1, -0.05) is 0 Å². The molecule has 1 N–H and O–H groups in total. The molecule has 0 saturated heterocycles. The Morgan fingerprint density at radius 3 is 2.79 bits per heavy atom. The van der Waals surface area contributed by atoms with Crippen LogP contribution in [-0.4, -0.2) is 19.7 Å². The van der Waals surface area contributed by atoms with Gasteiger partial charge in [-0.3, -0.25) is 0 Å². The molecule has 0 aliphatic heterocycles. The molecule has 0 atom stereocenters. The van der Waals surface area contributed by atoms with Crippen LogP contribution in [0.15, 0.2) is 23.1 Å². The first-order valence-electron chi connectivity index (χ1n) is 4.26. The third kappa shape index (κ3) is 1.56. The first-order chi connectivity index (χ1) is 6.65. The number of H-pyrrole nitrogens is 1. The topological polar surface area (TPSA) is 63.6 Å². The molecule has 14 heavy (non-hydrogen) atoms. The number of aromatic amines is 1. The van der Waals surface area contributed by atoms with Crippen LogP contribution in [0.25, 0.3) is 5.82 Å². The second-order valence-electron chi connectivity index (χ2n) is 3.13. The zero-order chi connectivity index (χ0) is 10.1. The molecule has 2 aromatic rings. The van der Waals surface area contributed by atoms with Gasteiger partial charge in [0.05, 0.1) is 5.69 Å². The van der Waals surface area contributed by atoms with Crippen LogP contribution in [0.4, 0.5) is 0 Å². The van der Waals surface area contributed by atoms with Gasteiger partial charge in [0.15, 0.2) is 5.82 Å². The quantitative estimate of drug-likeness (QED) is 0.715. The second kappa shape index (κ2) is 3.10. The van der Waals surface area contributed by atoms with Gasteiger partial charge in [0.1, 0.15) is 0 Å². The van der Waals surface area contributed by atoms with Gasteiger partial charge in [0.25, 0.3) is 0 Å². The van der Waals surface area contributed by atoms with Gasteiger partial charge in [-0.2, -0.15) is 10.1 Å². The molecule has 5 heteroatoms. The number of nitrogens with zero attached hydrogens (tertiary/aromatic N) is 3. The highest BCUT2D eigenvalue weighted by Crippen LogP contribution is 2.02. The van der Waals surface area contributed by atoms with Crippen molar-refractivity contribution in [1.82, 2.24) is 19.7 Å². The summed E-state index contributed by atoms with van der Waals surface area (Å²) in [5.74, 6) is 0.541. The molecule has 5 nitrogen and oxygen atoms in total. The van der Waals surface area contributed by atoms with Gasteiger partial charge < -0.3 is 4.98 Å². The second-order valence-corrected chi connectivity index (χ2v) is 3.13. The maximum atomic E-state index is 11.1. The first-order valence-corrected chi connectivity index (χ1v) is 4.26. The summed E-state index contributed by atoms with van der Waals surface area (Å²) < 4.78 is 1.58. The minimum Gasteiger partial charge on any atom is -0.310 e. The lowest BCUT2D eigenvalue weighted by molar-refractivity contribution is 0.811. The Kier molecular flexibility index (Phi) is 1.92. The Bertz CT molecular complexity index is 512. The fourth-order valence-electron chi connectivity index (χ4n) is 1.22. The van der Waals surface area contributed by atoms with Crippen molar-refractivity contribution in [2.24, 2.45) is 0 Å². The van der Waals surface area contributed by atoms with Crippen molar-refractivity contribution >= 4 is 0 Å². The van der Waals surface area contributed by atoms with E-state index in [4.69, 9.17) is 0 Å². The molecule has 2 aromatic heterocycles. The fourth-order valence-corrected chi connectivity index (χ4v) is 1.22. The largest absolute Gasteiger partial charge is 0.347 e. The summed E-state index contributed by atoms with van der Waals surface area (Å²) in [5.41, 5.74) is 1.31. The van der Waals surface area contributed by atoms with Crippen LogP contribution in [0.3, 0.4) is 0 Å². The van der Waals surface area contributed by atoms with Crippen LogP contribution >= 0.6 is 0 Å². The average molecular weight is 190 g/mol. The SMILES string of the molecule is Cc1ccn(-c2cc(C)[nH]c(=O)n2)n1. The van der Waals surface area contributed by atoms with Gasteiger partial charge in [-0.15, -0.1) is 0 Å². The number of hydrogen-bond acceptors (Lipinski definition) is 3.